The van der Waals surface area contributed by atoms with Crippen LogP contribution in [0.5, 0.6) is 5.75 Å². The second-order valence-electron chi connectivity index (χ2n) is 6.53. The molecule has 0 aliphatic heterocycles. The van der Waals surface area contributed by atoms with Crippen LogP contribution in [-0.2, 0) is 11.3 Å². The highest BCUT2D eigenvalue weighted by atomic mass is 35.5. The van der Waals surface area contributed by atoms with Gasteiger partial charge in [-0.3, -0.25) is 9.69 Å². The number of carbonyl (C=O) groups is 1. The lowest BCUT2D eigenvalue weighted by Gasteiger charge is -2.20. The van der Waals surface area contributed by atoms with Gasteiger partial charge in [-0.2, -0.15) is 0 Å². The van der Waals surface area contributed by atoms with Gasteiger partial charge in [0.15, 0.2) is 11.7 Å². The molecule has 4 rings (SSSR count). The molecule has 0 unspecified atom stereocenters. The number of amides is 1. The van der Waals surface area contributed by atoms with Gasteiger partial charge in [-0.25, -0.2) is 9.97 Å². The first-order chi connectivity index (χ1) is 14.6. The molecule has 9 heteroatoms. The van der Waals surface area contributed by atoms with Crippen LogP contribution >= 0.6 is 34.5 Å². The molecular formula is C21H18Cl2N4O2S. The van der Waals surface area contributed by atoms with Crippen molar-refractivity contribution in [2.45, 2.75) is 13.0 Å². The molecule has 0 N–H and O–H groups in total. The summed E-state index contributed by atoms with van der Waals surface area (Å²) >= 11 is 13.6. The average Bonchev–Trinajstić information content (AvgIpc) is 3.40. The fourth-order valence-electron chi connectivity index (χ4n) is 2.94. The summed E-state index contributed by atoms with van der Waals surface area (Å²) in [6.07, 6.45) is 6.14. The lowest BCUT2D eigenvalue weighted by molar-refractivity contribution is -0.120. The van der Waals surface area contributed by atoms with Gasteiger partial charge in [-0.1, -0.05) is 46.7 Å². The highest BCUT2D eigenvalue weighted by molar-refractivity contribution is 7.22. The zero-order valence-electron chi connectivity index (χ0n) is 15.9. The molecule has 2 aromatic carbocycles. The van der Waals surface area contributed by atoms with Crippen molar-refractivity contribution in [3.05, 3.63) is 71.2 Å². The van der Waals surface area contributed by atoms with E-state index in [1.807, 2.05) is 35.0 Å². The lowest BCUT2D eigenvalue weighted by Crippen LogP contribution is -2.36. The molecule has 1 amide bonds. The van der Waals surface area contributed by atoms with Gasteiger partial charge in [0.2, 0.25) is 0 Å². The largest absolute Gasteiger partial charge is 0.482 e. The van der Waals surface area contributed by atoms with Crippen LogP contribution in [0.15, 0.2) is 61.2 Å². The Morgan fingerprint density at radius 1 is 1.20 bits per heavy atom. The van der Waals surface area contributed by atoms with Crippen LogP contribution < -0.4 is 9.64 Å². The third kappa shape index (κ3) is 4.92. The number of halogens is 2. The number of aromatic nitrogens is 3. The number of anilines is 1. The molecule has 6 nitrogen and oxygen atoms in total. The van der Waals surface area contributed by atoms with Crippen molar-refractivity contribution >= 4 is 55.8 Å². The molecule has 0 saturated heterocycles. The van der Waals surface area contributed by atoms with E-state index in [2.05, 4.69) is 9.97 Å². The number of rotatable bonds is 8. The van der Waals surface area contributed by atoms with Crippen molar-refractivity contribution in [2.24, 2.45) is 0 Å². The topological polar surface area (TPSA) is 60.2 Å². The van der Waals surface area contributed by atoms with E-state index in [1.54, 1.807) is 35.6 Å². The summed E-state index contributed by atoms with van der Waals surface area (Å²) in [4.78, 5) is 23.4. The highest BCUT2D eigenvalue weighted by Gasteiger charge is 2.20. The number of aryl methyl sites for hydroxylation is 1. The molecule has 0 atom stereocenters. The molecule has 0 aliphatic rings. The van der Waals surface area contributed by atoms with Gasteiger partial charge in [-0.15, -0.1) is 0 Å². The third-order valence-electron chi connectivity index (χ3n) is 4.42. The number of para-hydroxylation sites is 1. The molecule has 2 aromatic heterocycles. The molecule has 30 heavy (non-hydrogen) atoms. The summed E-state index contributed by atoms with van der Waals surface area (Å²) < 4.78 is 8.67. The fourth-order valence-corrected chi connectivity index (χ4v) is 4.41. The molecule has 2 heterocycles. The first-order valence-corrected chi connectivity index (χ1v) is 10.9. The Labute approximate surface area is 187 Å². The molecule has 0 bridgehead atoms. The minimum Gasteiger partial charge on any atom is -0.482 e. The SMILES string of the molecule is O=C(COc1ccc(Cl)cc1Cl)N(CCCn1ccnc1)c1nc2ccccc2s1. The summed E-state index contributed by atoms with van der Waals surface area (Å²) in [6.45, 7) is 1.11. The van der Waals surface area contributed by atoms with Gasteiger partial charge < -0.3 is 9.30 Å². The molecule has 0 aliphatic carbocycles. The molecular weight excluding hydrogens is 443 g/mol. The normalized spacial score (nSPS) is 11.0. The van der Waals surface area contributed by atoms with Crippen LogP contribution in [-0.4, -0.2) is 33.6 Å². The van der Waals surface area contributed by atoms with E-state index in [0.29, 0.717) is 27.5 Å². The maximum Gasteiger partial charge on any atom is 0.266 e. The summed E-state index contributed by atoms with van der Waals surface area (Å²) in [5.74, 6) is 0.225. The van der Waals surface area contributed by atoms with E-state index in [-0.39, 0.29) is 12.5 Å². The number of fused-ring (bicyclic) bond motifs is 1. The Hall–Kier alpha value is -2.61. The number of nitrogens with zero attached hydrogens (tertiary/aromatic N) is 4. The first-order valence-electron chi connectivity index (χ1n) is 9.30. The quantitative estimate of drug-likeness (QED) is 0.357. The molecule has 154 valence electrons. The van der Waals surface area contributed by atoms with Crippen molar-refractivity contribution in [1.29, 1.82) is 0 Å². The number of benzene rings is 2. The van der Waals surface area contributed by atoms with E-state index in [0.717, 1.165) is 23.2 Å². The fraction of sp³-hybridized carbons (Fsp3) is 0.190. The summed E-state index contributed by atoms with van der Waals surface area (Å²) in [5, 5.41) is 1.52. The summed E-state index contributed by atoms with van der Waals surface area (Å²) in [7, 11) is 0. The Balaban J connectivity index is 1.49. The summed E-state index contributed by atoms with van der Waals surface area (Å²) in [5.41, 5.74) is 0.867. The minimum absolute atomic E-state index is 0.150. The Bertz CT molecular complexity index is 1110. The lowest BCUT2D eigenvalue weighted by atomic mass is 10.3. The maximum absolute atomic E-state index is 13.0. The molecule has 0 spiro atoms. The predicted molar refractivity (Wildman–Crippen MR) is 121 cm³/mol. The van der Waals surface area contributed by atoms with E-state index in [1.165, 1.54) is 11.3 Å². The van der Waals surface area contributed by atoms with Gasteiger partial charge in [0.1, 0.15) is 5.75 Å². The van der Waals surface area contributed by atoms with Crippen molar-refractivity contribution in [2.75, 3.05) is 18.1 Å². The van der Waals surface area contributed by atoms with E-state index in [9.17, 15) is 4.79 Å². The Kier molecular flexibility index (Phi) is 6.52. The number of hydrogen-bond donors (Lipinski definition) is 0. The Morgan fingerprint density at radius 3 is 2.83 bits per heavy atom. The average molecular weight is 461 g/mol. The first kappa shape index (κ1) is 20.7. The minimum atomic E-state index is -0.189. The smallest absolute Gasteiger partial charge is 0.266 e. The number of thiazole rings is 1. The van der Waals surface area contributed by atoms with Crippen LogP contribution in [0, 0.1) is 0 Å². The van der Waals surface area contributed by atoms with Crippen molar-refractivity contribution in [1.82, 2.24) is 14.5 Å². The van der Waals surface area contributed by atoms with Crippen LogP contribution in [0.4, 0.5) is 5.13 Å². The maximum atomic E-state index is 13.0. The number of hydrogen-bond acceptors (Lipinski definition) is 5. The van der Waals surface area contributed by atoms with E-state index >= 15 is 0 Å². The Morgan fingerprint density at radius 2 is 2.07 bits per heavy atom. The number of carbonyl (C=O) groups excluding carboxylic acids is 1. The summed E-state index contributed by atoms with van der Waals surface area (Å²) in [6, 6.07) is 12.7. The number of imidazole rings is 1. The van der Waals surface area contributed by atoms with Crippen LogP contribution in [0.2, 0.25) is 10.0 Å². The zero-order chi connectivity index (χ0) is 20.9. The molecule has 4 aromatic rings. The monoisotopic (exact) mass is 460 g/mol. The predicted octanol–water partition coefficient (Wildman–Crippen LogP) is 5.30. The van der Waals surface area contributed by atoms with E-state index < -0.39 is 0 Å². The number of ether oxygens (including phenoxy) is 1. The highest BCUT2D eigenvalue weighted by Crippen LogP contribution is 2.30. The molecule has 0 fully saturated rings. The van der Waals surface area contributed by atoms with Crippen LogP contribution in [0.3, 0.4) is 0 Å². The van der Waals surface area contributed by atoms with Gasteiger partial charge >= 0.3 is 0 Å². The van der Waals surface area contributed by atoms with Crippen LogP contribution in [0.25, 0.3) is 10.2 Å². The van der Waals surface area contributed by atoms with Gasteiger partial charge in [-0.05, 0) is 36.8 Å². The molecule has 0 saturated carbocycles. The van der Waals surface area contributed by atoms with Crippen molar-refractivity contribution in [3.8, 4) is 5.75 Å². The molecule has 0 radical (unpaired) electrons. The third-order valence-corrected chi connectivity index (χ3v) is 6.01. The van der Waals surface area contributed by atoms with Crippen molar-refractivity contribution in [3.63, 3.8) is 0 Å². The van der Waals surface area contributed by atoms with Gasteiger partial charge in [0.25, 0.3) is 5.91 Å². The zero-order valence-corrected chi connectivity index (χ0v) is 18.2. The van der Waals surface area contributed by atoms with Gasteiger partial charge in [0, 0.05) is 30.5 Å². The second kappa shape index (κ2) is 9.47. The standard InChI is InChI=1S/C21H18Cl2N4O2S/c22-15-6-7-18(16(23)12-15)29-13-20(28)27(10-3-9-26-11-8-24-14-26)21-25-17-4-1-2-5-19(17)30-21/h1-2,4-8,11-12,14H,3,9-10,13H2. The van der Waals surface area contributed by atoms with Gasteiger partial charge in [0.05, 0.1) is 21.6 Å². The van der Waals surface area contributed by atoms with Crippen molar-refractivity contribution < 1.29 is 9.53 Å². The van der Waals surface area contributed by atoms with Crippen LogP contribution in [0.1, 0.15) is 6.42 Å². The van der Waals surface area contributed by atoms with E-state index in [4.69, 9.17) is 27.9 Å². The second-order valence-corrected chi connectivity index (χ2v) is 8.38.